The fourth-order valence-electron chi connectivity index (χ4n) is 7.31. The van der Waals surface area contributed by atoms with Crippen LogP contribution in [0.1, 0.15) is 70.6 Å². The van der Waals surface area contributed by atoms with E-state index in [0.717, 1.165) is 41.9 Å². The molecular formula is C21H31N3O3. The zero-order valence-corrected chi connectivity index (χ0v) is 16.1. The summed E-state index contributed by atoms with van der Waals surface area (Å²) in [6.45, 7) is 0.572. The first kappa shape index (κ1) is 17.5. The minimum atomic E-state index is -0.741. The predicted octanol–water partition coefficient (Wildman–Crippen LogP) is 2.57. The van der Waals surface area contributed by atoms with Crippen LogP contribution in [0.2, 0.25) is 0 Å². The summed E-state index contributed by atoms with van der Waals surface area (Å²) >= 11 is 0. The Kier molecular flexibility index (Phi) is 4.03. The molecule has 6 nitrogen and oxygen atoms in total. The number of imide groups is 1. The Balaban J connectivity index is 1.19. The average Bonchev–Trinajstić information content (AvgIpc) is 2.84. The molecular weight excluding hydrogens is 342 g/mol. The molecule has 1 heterocycles. The third kappa shape index (κ3) is 2.95. The summed E-state index contributed by atoms with van der Waals surface area (Å²) < 4.78 is 0. The molecule has 6 rings (SSSR count). The summed E-state index contributed by atoms with van der Waals surface area (Å²) in [6, 6.07) is -0.396. The second kappa shape index (κ2) is 6.21. The lowest BCUT2D eigenvalue weighted by Gasteiger charge is -2.56. The highest BCUT2D eigenvalue weighted by Crippen LogP contribution is 2.59. The molecule has 6 fully saturated rings. The molecule has 5 aliphatic carbocycles. The number of carbonyl (C=O) groups excluding carboxylic acids is 3. The van der Waals surface area contributed by atoms with E-state index in [1.54, 1.807) is 0 Å². The zero-order chi connectivity index (χ0) is 18.6. The molecule has 148 valence electrons. The van der Waals surface area contributed by atoms with Crippen LogP contribution in [0, 0.1) is 23.2 Å². The van der Waals surface area contributed by atoms with E-state index in [1.165, 1.54) is 38.5 Å². The summed E-state index contributed by atoms with van der Waals surface area (Å²) in [6.07, 6.45) is 12.3. The maximum atomic E-state index is 12.8. The third-order valence-electron chi connectivity index (χ3n) is 8.08. The van der Waals surface area contributed by atoms with Crippen molar-refractivity contribution in [2.45, 2.75) is 76.2 Å². The predicted molar refractivity (Wildman–Crippen MR) is 99.7 cm³/mol. The van der Waals surface area contributed by atoms with Gasteiger partial charge in [-0.2, -0.15) is 0 Å². The van der Waals surface area contributed by atoms with E-state index in [1.807, 2.05) is 0 Å². The van der Waals surface area contributed by atoms with E-state index in [-0.39, 0.29) is 23.8 Å². The van der Waals surface area contributed by atoms with Crippen molar-refractivity contribution in [1.82, 2.24) is 15.5 Å². The minimum absolute atomic E-state index is 0.140. The van der Waals surface area contributed by atoms with Gasteiger partial charge in [-0.05, 0) is 74.5 Å². The summed E-state index contributed by atoms with van der Waals surface area (Å²) in [5.41, 5.74) is -0.470. The van der Waals surface area contributed by atoms with Crippen LogP contribution in [0.15, 0.2) is 0 Å². The SMILES string of the molecule is O=C(CN1C(=O)NC2(CCCCC2)C1=O)NCC12CC3CC(CC(C3)C1)C2. The summed E-state index contributed by atoms with van der Waals surface area (Å²) in [4.78, 5) is 38.9. The van der Waals surface area contributed by atoms with Crippen molar-refractivity contribution in [2.24, 2.45) is 23.2 Å². The Morgan fingerprint density at radius 3 is 2.19 bits per heavy atom. The first-order valence-corrected chi connectivity index (χ1v) is 10.9. The highest BCUT2D eigenvalue weighted by Gasteiger charge is 2.53. The van der Waals surface area contributed by atoms with Crippen LogP contribution >= 0.6 is 0 Å². The number of amides is 4. The van der Waals surface area contributed by atoms with Crippen LogP contribution in [0.25, 0.3) is 0 Å². The minimum Gasteiger partial charge on any atom is -0.354 e. The molecule has 0 aromatic carbocycles. The van der Waals surface area contributed by atoms with E-state index in [0.29, 0.717) is 19.4 Å². The van der Waals surface area contributed by atoms with Gasteiger partial charge in [-0.15, -0.1) is 0 Å². The monoisotopic (exact) mass is 373 g/mol. The molecule has 4 amide bonds. The molecule has 2 N–H and O–H groups in total. The number of hydrogen-bond donors (Lipinski definition) is 2. The maximum absolute atomic E-state index is 12.8. The second-order valence-corrected chi connectivity index (χ2v) is 10.2. The van der Waals surface area contributed by atoms with Crippen molar-refractivity contribution >= 4 is 17.8 Å². The Morgan fingerprint density at radius 1 is 1.00 bits per heavy atom. The van der Waals surface area contributed by atoms with Gasteiger partial charge in [0.25, 0.3) is 5.91 Å². The normalized spacial score (nSPS) is 39.1. The Hall–Kier alpha value is -1.59. The fourth-order valence-corrected chi connectivity index (χ4v) is 7.31. The number of hydrogen-bond acceptors (Lipinski definition) is 3. The highest BCUT2D eigenvalue weighted by molar-refractivity contribution is 6.09. The lowest BCUT2D eigenvalue weighted by atomic mass is 9.49. The molecule has 0 atom stereocenters. The van der Waals surface area contributed by atoms with Crippen molar-refractivity contribution in [3.63, 3.8) is 0 Å². The van der Waals surface area contributed by atoms with Crippen LogP contribution < -0.4 is 10.6 Å². The zero-order valence-electron chi connectivity index (χ0n) is 16.1. The highest BCUT2D eigenvalue weighted by atomic mass is 16.2. The third-order valence-corrected chi connectivity index (χ3v) is 8.08. The molecule has 1 saturated heterocycles. The molecule has 4 bridgehead atoms. The Morgan fingerprint density at radius 2 is 1.59 bits per heavy atom. The average molecular weight is 373 g/mol. The molecule has 0 aromatic rings. The Labute approximate surface area is 160 Å². The number of carbonyl (C=O) groups is 3. The summed E-state index contributed by atoms with van der Waals surface area (Å²) in [5.74, 6) is 2.17. The van der Waals surface area contributed by atoms with Crippen LogP contribution in [0.3, 0.4) is 0 Å². The van der Waals surface area contributed by atoms with Crippen LogP contribution in [-0.2, 0) is 9.59 Å². The molecule has 27 heavy (non-hydrogen) atoms. The lowest BCUT2D eigenvalue weighted by molar-refractivity contribution is -0.136. The van der Waals surface area contributed by atoms with Gasteiger partial charge in [0.1, 0.15) is 12.1 Å². The number of nitrogens with one attached hydrogen (secondary N) is 2. The Bertz CT molecular complexity index is 632. The first-order chi connectivity index (χ1) is 13.0. The van der Waals surface area contributed by atoms with Crippen LogP contribution in [0.4, 0.5) is 4.79 Å². The smallest absolute Gasteiger partial charge is 0.325 e. The molecule has 0 radical (unpaired) electrons. The van der Waals surface area contributed by atoms with Crippen molar-refractivity contribution in [3.05, 3.63) is 0 Å². The summed E-state index contributed by atoms with van der Waals surface area (Å²) in [7, 11) is 0. The van der Waals surface area contributed by atoms with Crippen molar-refractivity contribution in [2.75, 3.05) is 13.1 Å². The van der Waals surface area contributed by atoms with Gasteiger partial charge in [-0.1, -0.05) is 19.3 Å². The first-order valence-electron chi connectivity index (χ1n) is 10.9. The number of urea groups is 1. The summed E-state index contributed by atoms with van der Waals surface area (Å²) in [5, 5.41) is 5.97. The van der Waals surface area contributed by atoms with Crippen molar-refractivity contribution in [3.8, 4) is 0 Å². The van der Waals surface area contributed by atoms with E-state index >= 15 is 0 Å². The largest absolute Gasteiger partial charge is 0.354 e. The molecule has 6 aliphatic rings. The van der Waals surface area contributed by atoms with Gasteiger partial charge in [0.15, 0.2) is 0 Å². The molecule has 0 unspecified atom stereocenters. The van der Waals surface area contributed by atoms with E-state index in [2.05, 4.69) is 10.6 Å². The van der Waals surface area contributed by atoms with Crippen molar-refractivity contribution < 1.29 is 14.4 Å². The second-order valence-electron chi connectivity index (χ2n) is 10.2. The molecule has 5 saturated carbocycles. The van der Waals surface area contributed by atoms with Gasteiger partial charge in [0.05, 0.1) is 0 Å². The van der Waals surface area contributed by atoms with Crippen LogP contribution in [0.5, 0.6) is 0 Å². The van der Waals surface area contributed by atoms with Gasteiger partial charge < -0.3 is 10.6 Å². The lowest BCUT2D eigenvalue weighted by Crippen LogP contribution is -2.52. The number of rotatable bonds is 4. The van der Waals surface area contributed by atoms with Gasteiger partial charge in [-0.25, -0.2) is 4.79 Å². The molecule has 1 aliphatic heterocycles. The van der Waals surface area contributed by atoms with E-state index in [4.69, 9.17) is 0 Å². The van der Waals surface area contributed by atoms with E-state index < -0.39 is 11.6 Å². The quantitative estimate of drug-likeness (QED) is 0.744. The van der Waals surface area contributed by atoms with E-state index in [9.17, 15) is 14.4 Å². The number of nitrogens with zero attached hydrogens (tertiary/aromatic N) is 1. The van der Waals surface area contributed by atoms with Gasteiger partial charge in [0, 0.05) is 6.54 Å². The standard InChI is InChI=1S/C21H31N3O3/c25-17(12-24-18(26)21(23-19(24)27)4-2-1-3-5-21)22-13-20-9-14-6-15(10-20)8-16(7-14)11-20/h14-16H,1-13H2,(H,22,25)(H,23,27). The van der Waals surface area contributed by atoms with Crippen molar-refractivity contribution in [1.29, 1.82) is 0 Å². The molecule has 1 spiro atoms. The maximum Gasteiger partial charge on any atom is 0.325 e. The topological polar surface area (TPSA) is 78.5 Å². The van der Waals surface area contributed by atoms with Gasteiger partial charge >= 0.3 is 6.03 Å². The van der Waals surface area contributed by atoms with Gasteiger partial charge in [0.2, 0.25) is 5.91 Å². The fraction of sp³-hybridized carbons (Fsp3) is 0.857. The molecule has 0 aromatic heterocycles. The van der Waals surface area contributed by atoms with Crippen LogP contribution in [-0.4, -0.2) is 41.4 Å². The molecule has 6 heteroatoms. The van der Waals surface area contributed by atoms with Gasteiger partial charge in [-0.3, -0.25) is 14.5 Å².